The number of aryl methyl sites for hydroxylation is 1. The summed E-state index contributed by atoms with van der Waals surface area (Å²) in [4.78, 5) is 42.3. The van der Waals surface area contributed by atoms with Crippen molar-refractivity contribution in [2.45, 2.75) is 38.6 Å². The summed E-state index contributed by atoms with van der Waals surface area (Å²) in [6, 6.07) is 9.55. The molecule has 0 bridgehead atoms. The third-order valence-corrected chi connectivity index (χ3v) is 6.30. The van der Waals surface area contributed by atoms with Crippen LogP contribution in [0.5, 0.6) is 0 Å². The average molecular weight is 423 g/mol. The summed E-state index contributed by atoms with van der Waals surface area (Å²) in [6.07, 6.45) is 4.14. The van der Waals surface area contributed by atoms with Gasteiger partial charge in [-0.05, 0) is 53.6 Å². The van der Waals surface area contributed by atoms with Gasteiger partial charge in [-0.3, -0.25) is 19.4 Å². The van der Waals surface area contributed by atoms with E-state index in [2.05, 4.69) is 15.4 Å². The largest absolute Gasteiger partial charge is 0.304 e. The highest BCUT2D eigenvalue weighted by molar-refractivity contribution is 8.15. The van der Waals surface area contributed by atoms with Crippen LogP contribution < -0.4 is 10.2 Å². The molecule has 1 aromatic heterocycles. The lowest BCUT2D eigenvalue weighted by Crippen LogP contribution is -2.48. The molecule has 3 heterocycles. The highest BCUT2D eigenvalue weighted by atomic mass is 32.2. The molecule has 30 heavy (non-hydrogen) atoms. The molecule has 2 aliphatic heterocycles. The lowest BCUT2D eigenvalue weighted by Gasteiger charge is -2.29. The molecular weight excluding hydrogens is 402 g/mol. The van der Waals surface area contributed by atoms with E-state index in [-0.39, 0.29) is 22.9 Å². The molecule has 2 aliphatic rings. The number of aromatic nitrogens is 1. The molecule has 1 spiro atoms. The van der Waals surface area contributed by atoms with Gasteiger partial charge < -0.3 is 10.2 Å². The fourth-order valence-electron chi connectivity index (χ4n) is 3.71. The van der Waals surface area contributed by atoms with Crippen LogP contribution in [-0.4, -0.2) is 32.9 Å². The quantitative estimate of drug-likeness (QED) is 0.818. The van der Waals surface area contributed by atoms with Crippen molar-refractivity contribution in [3.05, 3.63) is 59.4 Å². The molecule has 0 saturated carbocycles. The van der Waals surface area contributed by atoms with Crippen molar-refractivity contribution in [3.8, 4) is 0 Å². The third kappa shape index (κ3) is 3.15. The molecule has 1 N–H and O–H groups in total. The van der Waals surface area contributed by atoms with E-state index in [0.29, 0.717) is 12.1 Å². The van der Waals surface area contributed by atoms with E-state index in [1.807, 2.05) is 37.3 Å². The summed E-state index contributed by atoms with van der Waals surface area (Å²) < 4.78 is 0. The first-order chi connectivity index (χ1) is 14.4. The summed E-state index contributed by atoms with van der Waals surface area (Å²) in [5.74, 6) is -0.967. The molecule has 154 valence electrons. The number of hydrogen-bond acceptors (Lipinski definition) is 6. The van der Waals surface area contributed by atoms with Gasteiger partial charge in [-0.1, -0.05) is 13.0 Å². The van der Waals surface area contributed by atoms with Gasteiger partial charge in [0.25, 0.3) is 5.91 Å². The minimum Gasteiger partial charge on any atom is -0.304 e. The average Bonchev–Trinajstić information content (AvgIpc) is 3.20. The number of thioether (sulfide) groups is 1. The molecule has 4 rings (SSSR count). The zero-order chi connectivity index (χ0) is 21.5. The van der Waals surface area contributed by atoms with E-state index in [0.717, 1.165) is 35.0 Å². The van der Waals surface area contributed by atoms with Gasteiger partial charge in [0.1, 0.15) is 0 Å². The van der Waals surface area contributed by atoms with Crippen LogP contribution in [0.15, 0.2) is 47.8 Å². The van der Waals surface area contributed by atoms with Crippen molar-refractivity contribution >= 4 is 40.3 Å². The van der Waals surface area contributed by atoms with Crippen molar-refractivity contribution in [2.24, 2.45) is 5.10 Å². The number of nitrogens with zero attached hydrogens (tertiary/aromatic N) is 4. The van der Waals surface area contributed by atoms with E-state index in [1.165, 1.54) is 18.9 Å². The van der Waals surface area contributed by atoms with Gasteiger partial charge in [0.05, 0.1) is 12.2 Å². The van der Waals surface area contributed by atoms with Crippen LogP contribution in [0.3, 0.4) is 0 Å². The van der Waals surface area contributed by atoms with Crippen molar-refractivity contribution < 1.29 is 14.4 Å². The zero-order valence-electron chi connectivity index (χ0n) is 16.9. The fourth-order valence-corrected chi connectivity index (χ4v) is 5.03. The second kappa shape index (κ2) is 7.56. The first-order valence-corrected chi connectivity index (χ1v) is 10.4. The molecule has 0 radical (unpaired) electrons. The Kier molecular flexibility index (Phi) is 5.07. The number of fused-ring (bicyclic) bond motifs is 2. The van der Waals surface area contributed by atoms with Gasteiger partial charge >= 0.3 is 0 Å². The van der Waals surface area contributed by atoms with Crippen LogP contribution in [0.4, 0.5) is 5.69 Å². The Morgan fingerprint density at radius 2 is 1.87 bits per heavy atom. The van der Waals surface area contributed by atoms with E-state index < -0.39 is 4.87 Å². The molecule has 0 fully saturated rings. The summed E-state index contributed by atoms with van der Waals surface area (Å²) >= 11 is 1.09. The van der Waals surface area contributed by atoms with Crippen LogP contribution in [0, 0.1) is 0 Å². The van der Waals surface area contributed by atoms with Gasteiger partial charge in [0.15, 0.2) is 5.17 Å². The Morgan fingerprint density at radius 3 is 2.50 bits per heavy atom. The Hall–Kier alpha value is -3.20. The number of amides is 3. The molecule has 2 aromatic rings. The van der Waals surface area contributed by atoms with E-state index in [1.54, 1.807) is 17.3 Å². The molecular formula is C21H21N5O3S. The van der Waals surface area contributed by atoms with Crippen LogP contribution >= 0.6 is 11.8 Å². The van der Waals surface area contributed by atoms with Crippen molar-refractivity contribution in [3.63, 3.8) is 0 Å². The highest BCUT2D eigenvalue weighted by Crippen LogP contribution is 2.55. The predicted octanol–water partition coefficient (Wildman–Crippen LogP) is 2.35. The smallest absolute Gasteiger partial charge is 0.271 e. The van der Waals surface area contributed by atoms with Crippen LogP contribution in [0.25, 0.3) is 0 Å². The third-order valence-electron chi connectivity index (χ3n) is 5.06. The van der Waals surface area contributed by atoms with Crippen LogP contribution in [-0.2, 0) is 32.2 Å². The number of nitrogens with one attached hydrogen (secondary N) is 1. The molecule has 0 aliphatic carbocycles. The summed E-state index contributed by atoms with van der Waals surface area (Å²) in [5.41, 5.74) is 3.39. The first-order valence-electron chi connectivity index (χ1n) is 9.57. The second-order valence-corrected chi connectivity index (χ2v) is 8.30. The number of carbonyl (C=O) groups is 3. The number of amidine groups is 1. The number of benzene rings is 1. The number of anilines is 1. The van der Waals surface area contributed by atoms with Crippen LogP contribution in [0.2, 0.25) is 0 Å². The highest BCUT2D eigenvalue weighted by Gasteiger charge is 2.61. The Labute approximate surface area is 178 Å². The molecule has 1 atom stereocenters. The fraction of sp³-hybridized carbons (Fsp3) is 0.286. The molecule has 0 saturated heterocycles. The molecule has 9 heteroatoms. The normalized spacial score (nSPS) is 19.8. The Bertz CT molecular complexity index is 1070. The maximum Gasteiger partial charge on any atom is 0.271 e. The number of hydrazone groups is 1. The van der Waals surface area contributed by atoms with Gasteiger partial charge in [-0.2, -0.15) is 5.01 Å². The second-order valence-electron chi connectivity index (χ2n) is 7.12. The van der Waals surface area contributed by atoms with E-state index in [4.69, 9.17) is 0 Å². The lowest BCUT2D eigenvalue weighted by molar-refractivity contribution is -0.139. The Balaban J connectivity index is 1.85. The zero-order valence-corrected chi connectivity index (χ0v) is 17.7. The van der Waals surface area contributed by atoms with Gasteiger partial charge in [-0.15, -0.1) is 5.10 Å². The molecule has 8 nitrogen and oxygen atoms in total. The van der Waals surface area contributed by atoms with Gasteiger partial charge in [-0.25, -0.2) is 0 Å². The Morgan fingerprint density at radius 1 is 1.13 bits per heavy atom. The summed E-state index contributed by atoms with van der Waals surface area (Å²) in [5, 5.41) is 8.32. The van der Waals surface area contributed by atoms with E-state index in [9.17, 15) is 14.4 Å². The van der Waals surface area contributed by atoms with Crippen molar-refractivity contribution in [1.29, 1.82) is 0 Å². The number of hydrogen-bond donors (Lipinski definition) is 1. The molecule has 3 amide bonds. The monoisotopic (exact) mass is 423 g/mol. The van der Waals surface area contributed by atoms with Crippen molar-refractivity contribution in [2.75, 3.05) is 4.90 Å². The predicted molar refractivity (Wildman–Crippen MR) is 114 cm³/mol. The van der Waals surface area contributed by atoms with Gasteiger partial charge in [0.2, 0.25) is 16.7 Å². The number of rotatable bonds is 3. The van der Waals surface area contributed by atoms with Crippen molar-refractivity contribution in [1.82, 2.24) is 15.3 Å². The lowest BCUT2D eigenvalue weighted by atomic mass is 10.0. The summed E-state index contributed by atoms with van der Waals surface area (Å²) in [6.45, 7) is 5.10. The van der Waals surface area contributed by atoms with Gasteiger partial charge in [0, 0.05) is 31.8 Å². The summed E-state index contributed by atoms with van der Waals surface area (Å²) in [7, 11) is 0. The SMILES string of the molecule is CCc1ccc2c(c1)C1(SC(NC(C)=O)=NN1C(C)=O)C(=O)N2Cc1ccncc1. The topological polar surface area (TPSA) is 95.0 Å². The van der Waals surface area contributed by atoms with Crippen LogP contribution in [0.1, 0.15) is 37.5 Å². The first kappa shape index (κ1) is 20.1. The number of pyridine rings is 1. The standard InChI is InChI=1S/C21H21N5O3S/c1-4-15-5-6-18-17(11-15)21(19(29)25(18)12-16-7-9-22-10-8-16)26(14(3)28)24-20(30-21)23-13(2)27/h5-11H,4,12H2,1-3H3,(H,23,24,27). The maximum absolute atomic E-state index is 13.8. The van der Waals surface area contributed by atoms with E-state index >= 15 is 0 Å². The minimum atomic E-state index is -1.38. The molecule has 1 unspecified atom stereocenters. The number of carbonyl (C=O) groups excluding carboxylic acids is 3. The molecule has 1 aromatic carbocycles. The minimum absolute atomic E-state index is 0.227. The maximum atomic E-state index is 13.8.